The molecule has 7 heteroatoms. The van der Waals surface area contributed by atoms with Crippen molar-refractivity contribution in [3.05, 3.63) is 0 Å². The van der Waals surface area contributed by atoms with Crippen molar-refractivity contribution in [3.63, 3.8) is 0 Å². The summed E-state index contributed by atoms with van der Waals surface area (Å²) in [6.45, 7) is 3.38. The van der Waals surface area contributed by atoms with Gasteiger partial charge in [0.15, 0.2) is 5.54 Å². The molecule has 2 N–H and O–H groups in total. The highest BCUT2D eigenvalue weighted by Gasteiger charge is 2.55. The van der Waals surface area contributed by atoms with Crippen molar-refractivity contribution in [2.45, 2.75) is 37.2 Å². The van der Waals surface area contributed by atoms with Crippen LogP contribution in [0.2, 0.25) is 0 Å². The van der Waals surface area contributed by atoms with E-state index in [0.29, 0.717) is 18.8 Å². The van der Waals surface area contributed by atoms with Gasteiger partial charge in [0.25, 0.3) is 5.91 Å². The Labute approximate surface area is 103 Å². The van der Waals surface area contributed by atoms with Gasteiger partial charge in [-0.25, -0.2) is 0 Å². The van der Waals surface area contributed by atoms with Gasteiger partial charge in [-0.1, -0.05) is 6.92 Å². The molecule has 1 saturated heterocycles. The van der Waals surface area contributed by atoms with Crippen molar-refractivity contribution in [1.82, 2.24) is 4.90 Å². The van der Waals surface area contributed by atoms with E-state index in [1.165, 1.54) is 4.90 Å². The average Bonchev–Trinajstić information content (AvgIpc) is 2.26. The number of carbonyl (C=O) groups excluding carboxylic acids is 1. The maximum atomic E-state index is 12.6. The number of nitrogens with zero attached hydrogens (tertiary/aromatic N) is 1. The molecule has 0 aromatic rings. The minimum absolute atomic E-state index is 0.205. The molecule has 1 heterocycles. The zero-order valence-corrected chi connectivity index (χ0v) is 10.7. The number of nitrogens with two attached hydrogens (primary N) is 1. The molecule has 17 heavy (non-hydrogen) atoms. The Hall–Kier alpha value is -0.430. The van der Waals surface area contributed by atoms with Crippen LogP contribution >= 0.6 is 11.8 Å². The van der Waals surface area contributed by atoms with E-state index in [1.807, 2.05) is 6.92 Å². The van der Waals surface area contributed by atoms with Gasteiger partial charge in [-0.2, -0.15) is 24.9 Å². The summed E-state index contributed by atoms with van der Waals surface area (Å²) in [5.41, 5.74) is 2.35. The number of alkyl halides is 3. The highest BCUT2D eigenvalue weighted by Crippen LogP contribution is 2.31. The van der Waals surface area contributed by atoms with Crippen LogP contribution in [-0.2, 0) is 4.79 Å². The van der Waals surface area contributed by atoms with Gasteiger partial charge in [0.05, 0.1) is 0 Å². The van der Waals surface area contributed by atoms with Crippen molar-refractivity contribution >= 4 is 17.7 Å². The lowest BCUT2D eigenvalue weighted by atomic mass is 10.0. The zero-order valence-electron chi connectivity index (χ0n) is 9.88. The fraction of sp³-hybridized carbons (Fsp3) is 0.900. The molecule has 1 rings (SSSR count). The smallest absolute Gasteiger partial charge is 0.339 e. The number of hydrogen-bond acceptors (Lipinski definition) is 3. The maximum absolute atomic E-state index is 12.6. The fourth-order valence-electron chi connectivity index (χ4n) is 1.60. The predicted molar refractivity (Wildman–Crippen MR) is 61.8 cm³/mol. The van der Waals surface area contributed by atoms with Gasteiger partial charge >= 0.3 is 6.18 Å². The predicted octanol–water partition coefficient (Wildman–Crippen LogP) is 1.62. The van der Waals surface area contributed by atoms with Gasteiger partial charge in [-0.05, 0) is 13.3 Å². The summed E-state index contributed by atoms with van der Waals surface area (Å²) in [7, 11) is 0. The van der Waals surface area contributed by atoms with E-state index < -0.39 is 17.6 Å². The van der Waals surface area contributed by atoms with Crippen molar-refractivity contribution in [1.29, 1.82) is 0 Å². The summed E-state index contributed by atoms with van der Waals surface area (Å²) >= 11 is 1.69. The third kappa shape index (κ3) is 3.07. The van der Waals surface area contributed by atoms with Gasteiger partial charge in [0.2, 0.25) is 0 Å². The third-order valence-corrected chi connectivity index (χ3v) is 4.29. The summed E-state index contributed by atoms with van der Waals surface area (Å²) in [5.74, 6) is -0.359. The van der Waals surface area contributed by atoms with Gasteiger partial charge < -0.3 is 10.6 Å². The molecule has 1 amide bonds. The first-order valence-corrected chi connectivity index (χ1v) is 6.51. The van der Waals surface area contributed by atoms with E-state index in [4.69, 9.17) is 5.73 Å². The van der Waals surface area contributed by atoms with Crippen LogP contribution in [0.4, 0.5) is 13.2 Å². The van der Waals surface area contributed by atoms with Crippen LogP contribution in [-0.4, -0.2) is 46.6 Å². The fourth-order valence-corrected chi connectivity index (χ4v) is 2.78. The Morgan fingerprint density at radius 2 is 2.12 bits per heavy atom. The molecule has 1 aliphatic heterocycles. The Morgan fingerprint density at radius 3 is 2.59 bits per heavy atom. The lowest BCUT2D eigenvalue weighted by Gasteiger charge is -2.37. The number of amides is 1. The SMILES string of the molecule is CCC1CN(C(=O)C(C)(N)C(F)(F)F)CCS1. The molecule has 0 aliphatic carbocycles. The Kier molecular flexibility index (Phi) is 4.35. The quantitative estimate of drug-likeness (QED) is 0.829. The third-order valence-electron chi connectivity index (χ3n) is 2.91. The van der Waals surface area contributed by atoms with E-state index in [2.05, 4.69) is 0 Å². The first kappa shape index (κ1) is 14.6. The van der Waals surface area contributed by atoms with Crippen molar-refractivity contribution in [3.8, 4) is 0 Å². The van der Waals surface area contributed by atoms with Crippen LogP contribution in [0.3, 0.4) is 0 Å². The van der Waals surface area contributed by atoms with E-state index in [0.717, 1.165) is 13.3 Å². The average molecular weight is 270 g/mol. The van der Waals surface area contributed by atoms with Crippen LogP contribution in [0, 0.1) is 0 Å². The molecule has 0 radical (unpaired) electrons. The molecule has 100 valence electrons. The molecule has 0 bridgehead atoms. The van der Waals surface area contributed by atoms with Crippen molar-refractivity contribution < 1.29 is 18.0 Å². The number of halogens is 3. The van der Waals surface area contributed by atoms with Crippen molar-refractivity contribution in [2.75, 3.05) is 18.8 Å². The number of hydrogen-bond donors (Lipinski definition) is 1. The topological polar surface area (TPSA) is 46.3 Å². The second-order valence-corrected chi connectivity index (χ2v) is 5.76. The number of rotatable bonds is 2. The molecule has 1 fully saturated rings. The van der Waals surface area contributed by atoms with Crippen LogP contribution in [0.15, 0.2) is 0 Å². The molecule has 2 unspecified atom stereocenters. The molecule has 1 aliphatic rings. The highest BCUT2D eigenvalue weighted by molar-refractivity contribution is 8.00. The molecule has 0 spiro atoms. The molecular weight excluding hydrogens is 253 g/mol. The molecule has 0 aromatic heterocycles. The molecular formula is C10H17F3N2OS. The Balaban J connectivity index is 2.76. The highest BCUT2D eigenvalue weighted by atomic mass is 32.2. The lowest BCUT2D eigenvalue weighted by Crippen LogP contribution is -2.63. The number of thioether (sulfide) groups is 1. The minimum atomic E-state index is -4.71. The summed E-state index contributed by atoms with van der Waals surface area (Å²) in [4.78, 5) is 13.0. The molecule has 0 saturated carbocycles. The number of carbonyl (C=O) groups is 1. The van der Waals surface area contributed by atoms with E-state index in [-0.39, 0.29) is 5.25 Å². The maximum Gasteiger partial charge on any atom is 0.415 e. The van der Waals surface area contributed by atoms with Crippen molar-refractivity contribution in [2.24, 2.45) is 5.73 Å². The van der Waals surface area contributed by atoms with Crippen LogP contribution in [0.1, 0.15) is 20.3 Å². The first-order valence-electron chi connectivity index (χ1n) is 5.46. The first-order chi connectivity index (χ1) is 7.70. The monoisotopic (exact) mass is 270 g/mol. The van der Waals surface area contributed by atoms with E-state index >= 15 is 0 Å². The second kappa shape index (κ2) is 5.06. The van der Waals surface area contributed by atoms with Crippen LogP contribution < -0.4 is 5.73 Å². The molecule has 2 atom stereocenters. The lowest BCUT2D eigenvalue weighted by molar-refractivity contribution is -0.193. The zero-order chi connectivity index (χ0) is 13.3. The van der Waals surface area contributed by atoms with Gasteiger partial charge in [-0.3, -0.25) is 4.79 Å². The van der Waals surface area contributed by atoms with E-state index in [9.17, 15) is 18.0 Å². The summed E-state index contributed by atoms with van der Waals surface area (Å²) in [5, 5.41) is 0.205. The van der Waals surface area contributed by atoms with Gasteiger partial charge in [0, 0.05) is 24.1 Å². The van der Waals surface area contributed by atoms with E-state index in [1.54, 1.807) is 11.8 Å². The minimum Gasteiger partial charge on any atom is -0.339 e. The molecule has 0 aromatic carbocycles. The van der Waals surface area contributed by atoms with Crippen LogP contribution in [0.25, 0.3) is 0 Å². The molecule has 3 nitrogen and oxygen atoms in total. The largest absolute Gasteiger partial charge is 0.415 e. The Morgan fingerprint density at radius 1 is 1.53 bits per heavy atom. The van der Waals surface area contributed by atoms with Crippen LogP contribution in [0.5, 0.6) is 0 Å². The summed E-state index contributed by atoms with van der Waals surface area (Å²) in [6.07, 6.45) is -3.88. The normalized spacial score (nSPS) is 25.5. The van der Waals surface area contributed by atoms with Gasteiger partial charge in [0.1, 0.15) is 0 Å². The summed E-state index contributed by atoms with van der Waals surface area (Å²) < 4.78 is 37.9. The second-order valence-electron chi connectivity index (χ2n) is 4.35. The Bertz CT molecular complexity index is 294. The standard InChI is InChI=1S/C10H17F3N2OS/c1-3-7-6-15(4-5-17-7)8(16)9(2,14)10(11,12)13/h7H,3-6,14H2,1-2H3. The van der Waals surface area contributed by atoms with Gasteiger partial charge in [-0.15, -0.1) is 0 Å². The summed E-state index contributed by atoms with van der Waals surface area (Å²) in [6, 6.07) is 0.